The summed E-state index contributed by atoms with van der Waals surface area (Å²) in [6.07, 6.45) is 0. The molecular formula is C25H22N4O3. The lowest BCUT2D eigenvalue weighted by molar-refractivity contribution is 0.0628. The lowest BCUT2D eigenvalue weighted by Crippen LogP contribution is -2.48. The smallest absolute Gasteiger partial charge is 0.254 e. The third-order valence-corrected chi connectivity index (χ3v) is 6.09. The number of piperazine rings is 1. The zero-order chi connectivity index (χ0) is 21.5. The van der Waals surface area contributed by atoms with E-state index in [1.807, 2.05) is 59.5 Å². The van der Waals surface area contributed by atoms with Crippen molar-refractivity contribution in [3.63, 3.8) is 0 Å². The molecule has 3 aromatic carbocycles. The largest absolute Gasteiger partial charge is 0.454 e. The molecule has 0 saturated carbocycles. The van der Waals surface area contributed by atoms with Gasteiger partial charge < -0.3 is 14.4 Å². The van der Waals surface area contributed by atoms with Crippen LogP contribution >= 0.6 is 0 Å². The van der Waals surface area contributed by atoms with Crippen molar-refractivity contribution in [3.05, 3.63) is 71.8 Å². The highest BCUT2D eigenvalue weighted by atomic mass is 16.7. The first-order valence-electron chi connectivity index (χ1n) is 10.8. The molecule has 1 aromatic heterocycles. The first-order valence-corrected chi connectivity index (χ1v) is 10.8. The Bertz CT molecular complexity index is 1330. The van der Waals surface area contributed by atoms with Crippen LogP contribution in [0.15, 0.2) is 60.7 Å². The fourth-order valence-corrected chi connectivity index (χ4v) is 4.34. The number of fused-ring (bicyclic) bond motifs is 3. The fourth-order valence-electron chi connectivity index (χ4n) is 4.34. The minimum Gasteiger partial charge on any atom is -0.454 e. The minimum atomic E-state index is 0.0459. The second kappa shape index (κ2) is 7.76. The molecule has 3 heterocycles. The summed E-state index contributed by atoms with van der Waals surface area (Å²) < 4.78 is 10.9. The molecule has 6 rings (SSSR count). The molecule has 4 aromatic rings. The van der Waals surface area contributed by atoms with Crippen LogP contribution in [-0.2, 0) is 6.54 Å². The van der Waals surface area contributed by atoms with E-state index in [1.54, 1.807) is 0 Å². The van der Waals surface area contributed by atoms with Crippen molar-refractivity contribution >= 4 is 28.0 Å². The summed E-state index contributed by atoms with van der Waals surface area (Å²) in [5.74, 6) is 1.66. The maximum atomic E-state index is 13.1. The van der Waals surface area contributed by atoms with E-state index in [0.29, 0.717) is 18.7 Å². The van der Waals surface area contributed by atoms with Gasteiger partial charge in [0.05, 0.1) is 22.1 Å². The maximum Gasteiger partial charge on any atom is 0.254 e. The summed E-state index contributed by atoms with van der Waals surface area (Å²) in [5.41, 5.74) is 5.09. The van der Waals surface area contributed by atoms with E-state index in [0.717, 1.165) is 53.2 Å². The van der Waals surface area contributed by atoms with E-state index in [2.05, 4.69) is 20.9 Å². The van der Waals surface area contributed by atoms with Gasteiger partial charge in [-0.05, 0) is 48.0 Å². The predicted octanol–water partition coefficient (Wildman–Crippen LogP) is 3.47. The highest BCUT2D eigenvalue weighted by Crippen LogP contribution is 2.33. The molecule has 2 aliphatic heterocycles. The molecule has 0 spiro atoms. The molecule has 0 unspecified atom stereocenters. The van der Waals surface area contributed by atoms with Gasteiger partial charge in [0.1, 0.15) is 0 Å². The van der Waals surface area contributed by atoms with Gasteiger partial charge in [0, 0.05) is 38.3 Å². The molecule has 0 radical (unpaired) electrons. The zero-order valence-electron chi connectivity index (χ0n) is 17.5. The molecule has 32 heavy (non-hydrogen) atoms. The van der Waals surface area contributed by atoms with E-state index in [1.165, 1.54) is 5.56 Å². The summed E-state index contributed by atoms with van der Waals surface area (Å²) in [6, 6.07) is 19.5. The van der Waals surface area contributed by atoms with Crippen LogP contribution in [0.25, 0.3) is 22.1 Å². The molecule has 7 nitrogen and oxygen atoms in total. The number of amides is 1. The van der Waals surface area contributed by atoms with Crippen molar-refractivity contribution in [2.24, 2.45) is 0 Å². The van der Waals surface area contributed by atoms with Crippen molar-refractivity contribution in [1.29, 1.82) is 0 Å². The number of hydrogen-bond acceptors (Lipinski definition) is 6. The summed E-state index contributed by atoms with van der Waals surface area (Å²) >= 11 is 0. The molecule has 1 fully saturated rings. The van der Waals surface area contributed by atoms with Gasteiger partial charge in [0.25, 0.3) is 5.91 Å². The summed E-state index contributed by atoms with van der Waals surface area (Å²) in [5, 5.41) is 0. The van der Waals surface area contributed by atoms with Gasteiger partial charge in [-0.2, -0.15) is 0 Å². The van der Waals surface area contributed by atoms with Crippen molar-refractivity contribution < 1.29 is 14.3 Å². The number of carbonyl (C=O) groups is 1. The number of hydrogen-bond donors (Lipinski definition) is 0. The fraction of sp³-hybridized carbons (Fsp3) is 0.240. The Kier molecular flexibility index (Phi) is 4.61. The third-order valence-electron chi connectivity index (χ3n) is 6.09. The third kappa shape index (κ3) is 3.50. The molecule has 0 atom stereocenters. The van der Waals surface area contributed by atoms with Crippen LogP contribution in [0.5, 0.6) is 11.5 Å². The number of carbonyl (C=O) groups excluding carboxylic acids is 1. The summed E-state index contributed by atoms with van der Waals surface area (Å²) in [4.78, 5) is 26.8. The molecule has 2 aliphatic rings. The van der Waals surface area contributed by atoms with E-state index in [9.17, 15) is 4.79 Å². The van der Waals surface area contributed by atoms with E-state index < -0.39 is 0 Å². The van der Waals surface area contributed by atoms with Gasteiger partial charge in [-0.25, -0.2) is 9.97 Å². The quantitative estimate of drug-likeness (QED) is 0.468. The highest BCUT2D eigenvalue weighted by molar-refractivity contribution is 5.98. The van der Waals surface area contributed by atoms with Crippen LogP contribution in [0.1, 0.15) is 15.9 Å². The standard InChI is InChI=1S/C25H22N4O3/c30-25(18-6-7-21-22(14-18)27-20-4-2-1-3-19(20)26-21)29-11-9-28(10-12-29)15-17-5-8-23-24(13-17)32-16-31-23/h1-8,13-14H,9-12,15-16H2. The molecule has 0 bridgehead atoms. The molecule has 160 valence electrons. The SMILES string of the molecule is O=C(c1ccc2nc3ccccc3nc2c1)N1CCN(Cc2ccc3c(c2)OCO3)CC1. The first kappa shape index (κ1) is 19.0. The number of aromatic nitrogens is 2. The zero-order valence-corrected chi connectivity index (χ0v) is 17.5. The Morgan fingerprint density at radius 1 is 0.781 bits per heavy atom. The van der Waals surface area contributed by atoms with Crippen LogP contribution in [0, 0.1) is 0 Å². The molecular weight excluding hydrogens is 404 g/mol. The lowest BCUT2D eigenvalue weighted by atomic mass is 10.1. The van der Waals surface area contributed by atoms with E-state index in [4.69, 9.17) is 9.47 Å². The topological polar surface area (TPSA) is 67.8 Å². The number of benzene rings is 3. The average Bonchev–Trinajstić information content (AvgIpc) is 3.30. The normalized spacial score (nSPS) is 16.1. The minimum absolute atomic E-state index is 0.0459. The lowest BCUT2D eigenvalue weighted by Gasteiger charge is -2.34. The van der Waals surface area contributed by atoms with Crippen LogP contribution in [0.3, 0.4) is 0 Å². The summed E-state index contributed by atoms with van der Waals surface area (Å²) in [7, 11) is 0. The Morgan fingerprint density at radius 3 is 2.31 bits per heavy atom. The molecule has 0 N–H and O–H groups in total. The van der Waals surface area contributed by atoms with Gasteiger partial charge in [-0.1, -0.05) is 18.2 Å². The van der Waals surface area contributed by atoms with Crippen molar-refractivity contribution in [2.75, 3.05) is 33.0 Å². The second-order valence-electron chi connectivity index (χ2n) is 8.17. The molecule has 7 heteroatoms. The van der Waals surface area contributed by atoms with Gasteiger partial charge in [0.2, 0.25) is 6.79 Å². The number of ether oxygens (including phenoxy) is 2. The van der Waals surface area contributed by atoms with Crippen molar-refractivity contribution in [3.8, 4) is 11.5 Å². The van der Waals surface area contributed by atoms with E-state index in [-0.39, 0.29) is 12.7 Å². The summed E-state index contributed by atoms with van der Waals surface area (Å²) in [6.45, 7) is 4.18. The van der Waals surface area contributed by atoms with Gasteiger partial charge in [-0.3, -0.25) is 9.69 Å². The Hall–Kier alpha value is -3.71. The number of para-hydroxylation sites is 2. The van der Waals surface area contributed by atoms with Gasteiger partial charge in [-0.15, -0.1) is 0 Å². The predicted molar refractivity (Wildman–Crippen MR) is 121 cm³/mol. The Balaban J connectivity index is 1.14. The first-order chi connectivity index (χ1) is 15.7. The van der Waals surface area contributed by atoms with Crippen molar-refractivity contribution in [2.45, 2.75) is 6.54 Å². The Labute approximate surface area is 185 Å². The van der Waals surface area contributed by atoms with Gasteiger partial charge >= 0.3 is 0 Å². The highest BCUT2D eigenvalue weighted by Gasteiger charge is 2.23. The second-order valence-corrected chi connectivity index (χ2v) is 8.17. The monoisotopic (exact) mass is 426 g/mol. The van der Waals surface area contributed by atoms with Crippen LogP contribution in [-0.4, -0.2) is 58.6 Å². The molecule has 0 aliphatic carbocycles. The Morgan fingerprint density at radius 2 is 1.50 bits per heavy atom. The number of rotatable bonds is 3. The maximum absolute atomic E-state index is 13.1. The molecule has 1 amide bonds. The van der Waals surface area contributed by atoms with Crippen LogP contribution in [0.4, 0.5) is 0 Å². The van der Waals surface area contributed by atoms with E-state index >= 15 is 0 Å². The molecule has 1 saturated heterocycles. The average molecular weight is 426 g/mol. The van der Waals surface area contributed by atoms with Gasteiger partial charge in [0.15, 0.2) is 11.5 Å². The van der Waals surface area contributed by atoms with Crippen LogP contribution < -0.4 is 9.47 Å². The number of nitrogens with zero attached hydrogens (tertiary/aromatic N) is 4. The van der Waals surface area contributed by atoms with Crippen molar-refractivity contribution in [1.82, 2.24) is 19.8 Å². The van der Waals surface area contributed by atoms with Crippen LogP contribution in [0.2, 0.25) is 0 Å².